The molecular formula is C16H24N2O4S. The van der Waals surface area contributed by atoms with Gasteiger partial charge in [0.1, 0.15) is 10.4 Å². The van der Waals surface area contributed by atoms with Gasteiger partial charge in [0.2, 0.25) is 0 Å². The zero-order valence-corrected chi connectivity index (χ0v) is 15.0. The number of hydrogen-bond acceptors (Lipinski definition) is 5. The van der Waals surface area contributed by atoms with Gasteiger partial charge in [0.25, 0.3) is 5.91 Å². The van der Waals surface area contributed by atoms with Crippen molar-refractivity contribution >= 4 is 23.2 Å². The highest BCUT2D eigenvalue weighted by molar-refractivity contribution is 7.13. The molecule has 1 aromatic heterocycles. The van der Waals surface area contributed by atoms with Crippen LogP contribution in [0.25, 0.3) is 0 Å². The molecule has 2 N–H and O–H groups in total. The molecule has 1 saturated carbocycles. The third-order valence-electron chi connectivity index (χ3n) is 4.70. The number of aromatic nitrogens is 1. The van der Waals surface area contributed by atoms with Crippen LogP contribution in [0, 0.1) is 5.41 Å². The SMILES string of the molecule is CCO[C@@H]1C[C@](NC(=O)c2cnc(C(C)C)s2)(C(=O)O)C1(C)C. The average Bonchev–Trinajstić information content (AvgIpc) is 2.95. The molecule has 23 heavy (non-hydrogen) atoms. The molecule has 128 valence electrons. The van der Waals surface area contributed by atoms with Crippen molar-refractivity contribution in [2.24, 2.45) is 5.41 Å². The standard InChI is InChI=1S/C16H24N2O4S/c1-6-22-11-7-16(14(20)21,15(11,4)5)18-12(19)10-8-17-13(23-10)9(2)3/h8-9,11H,6-7H2,1-5H3,(H,18,19)(H,20,21)/t11-,16+/m1/s1. The van der Waals surface area contributed by atoms with Crippen LogP contribution in [-0.4, -0.2) is 40.2 Å². The lowest BCUT2D eigenvalue weighted by molar-refractivity contribution is -0.190. The van der Waals surface area contributed by atoms with Gasteiger partial charge in [-0.25, -0.2) is 9.78 Å². The topological polar surface area (TPSA) is 88.5 Å². The maximum Gasteiger partial charge on any atom is 0.330 e. The third-order valence-corrected chi connectivity index (χ3v) is 5.99. The first-order chi connectivity index (χ1) is 10.7. The second-order valence-corrected chi connectivity index (χ2v) is 7.81. The van der Waals surface area contributed by atoms with E-state index in [0.29, 0.717) is 11.5 Å². The van der Waals surface area contributed by atoms with Crippen molar-refractivity contribution in [3.63, 3.8) is 0 Å². The Hall–Kier alpha value is -1.47. The molecule has 0 aliphatic heterocycles. The number of amides is 1. The molecule has 6 nitrogen and oxygen atoms in total. The lowest BCUT2D eigenvalue weighted by Crippen LogP contribution is -2.76. The Morgan fingerprint density at radius 3 is 2.61 bits per heavy atom. The molecular weight excluding hydrogens is 316 g/mol. The number of rotatable bonds is 6. The van der Waals surface area contributed by atoms with Crippen LogP contribution in [0.15, 0.2) is 6.20 Å². The largest absolute Gasteiger partial charge is 0.479 e. The summed E-state index contributed by atoms with van der Waals surface area (Å²) in [6.07, 6.45) is 1.60. The Bertz CT molecular complexity index is 611. The number of carboxylic acids is 1. The van der Waals surface area contributed by atoms with E-state index in [1.54, 1.807) is 0 Å². The molecule has 1 aromatic rings. The molecule has 1 aliphatic carbocycles. The second-order valence-electron chi connectivity index (χ2n) is 6.75. The summed E-state index contributed by atoms with van der Waals surface area (Å²) in [5.74, 6) is -1.18. The van der Waals surface area contributed by atoms with E-state index in [0.717, 1.165) is 5.01 Å². The van der Waals surface area contributed by atoms with Crippen molar-refractivity contribution < 1.29 is 19.4 Å². The molecule has 0 saturated heterocycles. The van der Waals surface area contributed by atoms with Crippen LogP contribution in [0.3, 0.4) is 0 Å². The fraction of sp³-hybridized carbons (Fsp3) is 0.688. The summed E-state index contributed by atoms with van der Waals surface area (Å²) >= 11 is 1.30. The monoisotopic (exact) mass is 340 g/mol. The van der Waals surface area contributed by atoms with Crippen molar-refractivity contribution in [1.82, 2.24) is 10.3 Å². The fourth-order valence-corrected chi connectivity index (χ4v) is 3.77. The molecule has 0 unspecified atom stereocenters. The van der Waals surface area contributed by atoms with E-state index < -0.39 is 16.9 Å². The number of thiazole rings is 1. The van der Waals surface area contributed by atoms with Crippen molar-refractivity contribution in [3.8, 4) is 0 Å². The van der Waals surface area contributed by atoms with Crippen LogP contribution < -0.4 is 5.32 Å². The van der Waals surface area contributed by atoms with Crippen LogP contribution in [0.1, 0.15) is 61.6 Å². The number of aliphatic carboxylic acids is 1. The highest BCUT2D eigenvalue weighted by Crippen LogP contribution is 2.51. The maximum atomic E-state index is 12.5. The van der Waals surface area contributed by atoms with Gasteiger partial charge in [0, 0.05) is 24.4 Å². The predicted octanol–water partition coefficient (Wildman–Crippen LogP) is 2.65. The van der Waals surface area contributed by atoms with Crippen molar-refractivity contribution in [1.29, 1.82) is 0 Å². The molecule has 1 fully saturated rings. The molecule has 7 heteroatoms. The Morgan fingerprint density at radius 2 is 2.17 bits per heavy atom. The van der Waals surface area contributed by atoms with Crippen LogP contribution in [-0.2, 0) is 9.53 Å². The van der Waals surface area contributed by atoms with Crippen molar-refractivity contribution in [2.75, 3.05) is 6.61 Å². The predicted molar refractivity (Wildman–Crippen MR) is 87.8 cm³/mol. The summed E-state index contributed by atoms with van der Waals surface area (Å²) in [6.45, 7) is 10.0. The number of ether oxygens (including phenoxy) is 1. The quantitative estimate of drug-likeness (QED) is 0.831. The second kappa shape index (κ2) is 6.20. The van der Waals surface area contributed by atoms with E-state index in [-0.39, 0.29) is 24.3 Å². The Balaban J connectivity index is 2.20. The molecule has 1 heterocycles. The minimum Gasteiger partial charge on any atom is -0.479 e. The van der Waals surface area contributed by atoms with Gasteiger partial charge in [-0.15, -0.1) is 11.3 Å². The van der Waals surface area contributed by atoms with Gasteiger partial charge in [-0.1, -0.05) is 27.7 Å². The smallest absolute Gasteiger partial charge is 0.330 e. The zero-order valence-electron chi connectivity index (χ0n) is 14.2. The number of carboxylic acid groups (broad SMARTS) is 1. The van der Waals surface area contributed by atoms with Gasteiger partial charge < -0.3 is 15.2 Å². The number of nitrogens with zero attached hydrogens (tertiary/aromatic N) is 1. The minimum absolute atomic E-state index is 0.184. The summed E-state index contributed by atoms with van der Waals surface area (Å²) in [5, 5.41) is 13.3. The lowest BCUT2D eigenvalue weighted by Gasteiger charge is -2.58. The minimum atomic E-state index is -1.31. The molecule has 0 aromatic carbocycles. The summed E-state index contributed by atoms with van der Waals surface area (Å²) in [4.78, 5) is 29.0. The summed E-state index contributed by atoms with van der Waals surface area (Å²) in [7, 11) is 0. The molecule has 0 spiro atoms. The highest BCUT2D eigenvalue weighted by Gasteiger charge is 2.66. The molecule has 1 amide bonds. The first-order valence-electron chi connectivity index (χ1n) is 7.79. The number of carbonyl (C=O) groups is 2. The normalized spacial score (nSPS) is 25.9. The summed E-state index contributed by atoms with van der Waals surface area (Å²) in [6, 6.07) is 0. The van der Waals surface area contributed by atoms with E-state index >= 15 is 0 Å². The average molecular weight is 340 g/mol. The van der Waals surface area contributed by atoms with E-state index in [2.05, 4.69) is 10.3 Å². The van der Waals surface area contributed by atoms with E-state index in [4.69, 9.17) is 4.74 Å². The van der Waals surface area contributed by atoms with E-state index in [1.807, 2.05) is 34.6 Å². The summed E-state index contributed by atoms with van der Waals surface area (Å²) < 4.78 is 5.60. The lowest BCUT2D eigenvalue weighted by atomic mass is 9.54. The molecule has 0 bridgehead atoms. The first-order valence-corrected chi connectivity index (χ1v) is 8.60. The molecule has 0 radical (unpaired) electrons. The van der Waals surface area contributed by atoms with Gasteiger partial charge in [-0.3, -0.25) is 4.79 Å². The van der Waals surface area contributed by atoms with E-state index in [9.17, 15) is 14.7 Å². The van der Waals surface area contributed by atoms with Crippen molar-refractivity contribution in [3.05, 3.63) is 16.1 Å². The van der Waals surface area contributed by atoms with Crippen LogP contribution in [0.4, 0.5) is 0 Å². The van der Waals surface area contributed by atoms with Gasteiger partial charge in [-0.2, -0.15) is 0 Å². The summed E-state index contributed by atoms with van der Waals surface area (Å²) in [5.41, 5.74) is -2.00. The van der Waals surface area contributed by atoms with Crippen LogP contribution in [0.2, 0.25) is 0 Å². The Morgan fingerprint density at radius 1 is 1.52 bits per heavy atom. The highest BCUT2D eigenvalue weighted by atomic mass is 32.1. The molecule has 2 atom stereocenters. The van der Waals surface area contributed by atoms with Gasteiger partial charge in [0.15, 0.2) is 0 Å². The van der Waals surface area contributed by atoms with Crippen LogP contribution in [0.5, 0.6) is 0 Å². The Kier molecular flexibility index (Phi) is 4.82. The van der Waals surface area contributed by atoms with Gasteiger partial charge >= 0.3 is 5.97 Å². The number of nitrogens with one attached hydrogen (secondary N) is 1. The van der Waals surface area contributed by atoms with Crippen molar-refractivity contribution in [2.45, 2.75) is 58.6 Å². The zero-order chi connectivity index (χ0) is 17.4. The van der Waals surface area contributed by atoms with Crippen LogP contribution >= 0.6 is 11.3 Å². The Labute approximate surface area is 140 Å². The molecule has 2 rings (SSSR count). The van der Waals surface area contributed by atoms with Gasteiger partial charge in [-0.05, 0) is 6.92 Å². The third kappa shape index (κ3) is 2.87. The van der Waals surface area contributed by atoms with Gasteiger partial charge in [0.05, 0.1) is 17.3 Å². The van der Waals surface area contributed by atoms with E-state index in [1.165, 1.54) is 17.5 Å². The maximum absolute atomic E-state index is 12.5. The first kappa shape index (κ1) is 17.9. The number of hydrogen-bond donors (Lipinski definition) is 2. The fourth-order valence-electron chi connectivity index (χ4n) is 2.95. The number of carbonyl (C=O) groups excluding carboxylic acids is 1. The molecule has 1 aliphatic rings.